The minimum absolute atomic E-state index is 0.0798. The fourth-order valence-electron chi connectivity index (χ4n) is 1.75. The first kappa shape index (κ1) is 14.1. The van der Waals surface area contributed by atoms with Crippen LogP contribution in [0.15, 0.2) is 53.5 Å². The zero-order valence-electron chi connectivity index (χ0n) is 10.8. The molecule has 3 nitrogen and oxygen atoms in total. The SMILES string of the molecule is O=C(NCCc1ccc(N=C=S)cc1)c1c[c]ccc1. The number of aliphatic imine (C=N–C) groups is 1. The Morgan fingerprint density at radius 1 is 1.30 bits per heavy atom. The van der Waals surface area contributed by atoms with Gasteiger partial charge in [0, 0.05) is 12.1 Å². The fraction of sp³-hybridized carbons (Fsp3) is 0.125. The largest absolute Gasteiger partial charge is 0.352 e. The second kappa shape index (κ2) is 7.34. The third-order valence-electron chi connectivity index (χ3n) is 2.78. The second-order valence-electron chi connectivity index (χ2n) is 4.17. The lowest BCUT2D eigenvalue weighted by molar-refractivity contribution is 0.0954. The maximum Gasteiger partial charge on any atom is 0.251 e. The van der Waals surface area contributed by atoms with Crippen LogP contribution in [0.1, 0.15) is 15.9 Å². The fourth-order valence-corrected chi connectivity index (χ4v) is 1.85. The van der Waals surface area contributed by atoms with Crippen LogP contribution in [0.25, 0.3) is 0 Å². The number of carbonyl (C=O) groups excluding carboxylic acids is 1. The summed E-state index contributed by atoms with van der Waals surface area (Å²) in [5.41, 5.74) is 2.54. The average Bonchev–Trinajstić information content (AvgIpc) is 2.50. The lowest BCUT2D eigenvalue weighted by atomic mass is 10.1. The van der Waals surface area contributed by atoms with Crippen LogP contribution in [0, 0.1) is 6.07 Å². The molecule has 0 fully saturated rings. The monoisotopic (exact) mass is 281 g/mol. The molecule has 2 aromatic rings. The topological polar surface area (TPSA) is 41.5 Å². The highest BCUT2D eigenvalue weighted by molar-refractivity contribution is 7.78. The van der Waals surface area contributed by atoms with E-state index >= 15 is 0 Å². The van der Waals surface area contributed by atoms with Gasteiger partial charge in [-0.2, -0.15) is 4.99 Å². The molecule has 2 aromatic carbocycles. The van der Waals surface area contributed by atoms with Crippen molar-refractivity contribution in [2.75, 3.05) is 6.54 Å². The first-order valence-corrected chi connectivity index (χ1v) is 6.61. The van der Waals surface area contributed by atoms with Gasteiger partial charge in [0.25, 0.3) is 5.91 Å². The third kappa shape index (κ3) is 4.12. The lowest BCUT2D eigenvalue weighted by Gasteiger charge is -2.05. The molecular weight excluding hydrogens is 268 g/mol. The number of hydrogen-bond acceptors (Lipinski definition) is 3. The van der Waals surface area contributed by atoms with Gasteiger partial charge < -0.3 is 5.32 Å². The first-order chi connectivity index (χ1) is 9.79. The Labute approximate surface area is 123 Å². The highest BCUT2D eigenvalue weighted by atomic mass is 32.1. The van der Waals surface area contributed by atoms with Crippen molar-refractivity contribution < 1.29 is 4.79 Å². The van der Waals surface area contributed by atoms with Crippen molar-refractivity contribution in [1.82, 2.24) is 5.32 Å². The molecule has 0 heterocycles. The highest BCUT2D eigenvalue weighted by Crippen LogP contribution is 2.12. The van der Waals surface area contributed by atoms with Gasteiger partial charge >= 0.3 is 0 Å². The Morgan fingerprint density at radius 3 is 2.75 bits per heavy atom. The smallest absolute Gasteiger partial charge is 0.251 e. The van der Waals surface area contributed by atoms with Crippen molar-refractivity contribution in [3.8, 4) is 0 Å². The van der Waals surface area contributed by atoms with E-state index in [4.69, 9.17) is 0 Å². The highest BCUT2D eigenvalue weighted by Gasteiger charge is 2.03. The summed E-state index contributed by atoms with van der Waals surface area (Å²) in [4.78, 5) is 15.7. The van der Waals surface area contributed by atoms with E-state index in [2.05, 4.69) is 33.8 Å². The molecular formula is C16H13N2OS. The predicted molar refractivity (Wildman–Crippen MR) is 82.4 cm³/mol. The number of hydrogen-bond donors (Lipinski definition) is 1. The number of thiocarbonyl (C=S) groups is 1. The van der Waals surface area contributed by atoms with Gasteiger partial charge in [0.05, 0.1) is 10.8 Å². The van der Waals surface area contributed by atoms with Crippen molar-refractivity contribution in [3.05, 3.63) is 65.7 Å². The van der Waals surface area contributed by atoms with Crippen LogP contribution in [0.3, 0.4) is 0 Å². The van der Waals surface area contributed by atoms with Gasteiger partial charge in [-0.3, -0.25) is 4.79 Å². The molecule has 4 heteroatoms. The van der Waals surface area contributed by atoms with Gasteiger partial charge in [0.15, 0.2) is 0 Å². The Kier molecular flexibility index (Phi) is 5.18. The maximum atomic E-state index is 11.8. The van der Waals surface area contributed by atoms with E-state index in [1.807, 2.05) is 24.3 Å². The van der Waals surface area contributed by atoms with Crippen LogP contribution in [-0.4, -0.2) is 17.6 Å². The van der Waals surface area contributed by atoms with E-state index in [0.717, 1.165) is 17.7 Å². The first-order valence-electron chi connectivity index (χ1n) is 6.21. The molecule has 0 aromatic heterocycles. The maximum absolute atomic E-state index is 11.8. The zero-order chi connectivity index (χ0) is 14.2. The minimum Gasteiger partial charge on any atom is -0.352 e. The van der Waals surface area contributed by atoms with E-state index in [0.29, 0.717) is 12.1 Å². The van der Waals surface area contributed by atoms with E-state index < -0.39 is 0 Å². The number of isothiocyanates is 1. The minimum atomic E-state index is -0.0798. The summed E-state index contributed by atoms with van der Waals surface area (Å²) in [6.45, 7) is 0.587. The summed E-state index contributed by atoms with van der Waals surface area (Å²) in [6.07, 6.45) is 0.768. The average molecular weight is 281 g/mol. The van der Waals surface area contributed by atoms with Crippen LogP contribution >= 0.6 is 12.2 Å². The van der Waals surface area contributed by atoms with E-state index in [9.17, 15) is 4.79 Å². The van der Waals surface area contributed by atoms with Crippen molar-refractivity contribution in [2.24, 2.45) is 4.99 Å². The molecule has 0 aliphatic carbocycles. The summed E-state index contributed by atoms with van der Waals surface area (Å²) in [7, 11) is 0. The van der Waals surface area contributed by atoms with Crippen LogP contribution in [-0.2, 0) is 6.42 Å². The van der Waals surface area contributed by atoms with Gasteiger partial charge in [-0.25, -0.2) is 0 Å². The molecule has 0 saturated carbocycles. The number of carbonyl (C=O) groups is 1. The molecule has 0 unspecified atom stereocenters. The van der Waals surface area contributed by atoms with Gasteiger partial charge in [-0.15, -0.1) is 0 Å². The van der Waals surface area contributed by atoms with Gasteiger partial charge in [0.1, 0.15) is 0 Å². The van der Waals surface area contributed by atoms with Gasteiger partial charge in [-0.1, -0.05) is 24.3 Å². The molecule has 0 saturated heterocycles. The second-order valence-corrected chi connectivity index (χ2v) is 4.35. The molecule has 1 N–H and O–H groups in total. The van der Waals surface area contributed by atoms with E-state index in [-0.39, 0.29) is 5.91 Å². The molecule has 0 atom stereocenters. The summed E-state index contributed by atoms with van der Waals surface area (Å²) in [6, 6.07) is 17.6. The third-order valence-corrected chi connectivity index (χ3v) is 2.87. The molecule has 0 bridgehead atoms. The summed E-state index contributed by atoms with van der Waals surface area (Å²) < 4.78 is 0. The number of nitrogens with zero attached hydrogens (tertiary/aromatic N) is 1. The van der Waals surface area contributed by atoms with Gasteiger partial charge in [0.2, 0.25) is 0 Å². The zero-order valence-corrected chi connectivity index (χ0v) is 11.6. The summed E-state index contributed by atoms with van der Waals surface area (Å²) >= 11 is 4.55. The molecule has 1 amide bonds. The van der Waals surface area contributed by atoms with Gasteiger partial charge in [-0.05, 0) is 54.5 Å². The summed E-state index contributed by atoms with van der Waals surface area (Å²) in [5, 5.41) is 5.20. The normalized spacial score (nSPS) is 9.60. The summed E-state index contributed by atoms with van der Waals surface area (Å²) in [5.74, 6) is -0.0798. The standard InChI is InChI=1S/C16H13N2OS/c19-16(14-4-2-1-3-5-14)17-11-10-13-6-8-15(9-7-13)18-12-20/h1-2,4-9H,10-11H2,(H,17,19). The quantitative estimate of drug-likeness (QED) is 0.675. The number of amides is 1. The van der Waals surface area contributed by atoms with Crippen molar-refractivity contribution in [1.29, 1.82) is 0 Å². The molecule has 0 aliphatic rings. The van der Waals surface area contributed by atoms with E-state index in [1.54, 1.807) is 24.3 Å². The van der Waals surface area contributed by atoms with Crippen molar-refractivity contribution in [3.63, 3.8) is 0 Å². The molecule has 20 heavy (non-hydrogen) atoms. The van der Waals surface area contributed by atoms with Crippen LogP contribution in [0.4, 0.5) is 5.69 Å². The number of nitrogens with one attached hydrogen (secondary N) is 1. The molecule has 0 spiro atoms. The number of benzene rings is 2. The van der Waals surface area contributed by atoms with Crippen molar-refractivity contribution >= 4 is 29.0 Å². The molecule has 2 rings (SSSR count). The Balaban J connectivity index is 1.84. The Hall–Kier alpha value is -2.29. The number of rotatable bonds is 5. The van der Waals surface area contributed by atoms with E-state index in [1.165, 1.54) is 0 Å². The Bertz CT molecular complexity index is 617. The van der Waals surface area contributed by atoms with Crippen LogP contribution < -0.4 is 5.32 Å². The molecule has 1 radical (unpaired) electrons. The van der Waals surface area contributed by atoms with Crippen molar-refractivity contribution in [2.45, 2.75) is 6.42 Å². The lowest BCUT2D eigenvalue weighted by Crippen LogP contribution is -2.25. The molecule has 99 valence electrons. The Morgan fingerprint density at radius 2 is 2.10 bits per heavy atom. The van der Waals surface area contributed by atoms with Crippen LogP contribution in [0.2, 0.25) is 0 Å². The van der Waals surface area contributed by atoms with Crippen LogP contribution in [0.5, 0.6) is 0 Å². The molecule has 0 aliphatic heterocycles. The predicted octanol–water partition coefficient (Wildman–Crippen LogP) is 3.19.